The Kier molecular flexibility index (Phi) is 6.73. The van der Waals surface area contributed by atoms with Crippen LogP contribution in [0.2, 0.25) is 0 Å². The molecule has 4 rings (SSSR count). The first-order valence-corrected chi connectivity index (χ1v) is 9.76. The molecule has 146 valence electrons. The highest BCUT2D eigenvalue weighted by Crippen LogP contribution is 2.45. The van der Waals surface area contributed by atoms with E-state index < -0.39 is 0 Å². The van der Waals surface area contributed by atoms with Gasteiger partial charge < -0.3 is 10.2 Å². The van der Waals surface area contributed by atoms with Gasteiger partial charge in [0, 0.05) is 25.2 Å². The average molecular weight is 480 g/mol. The number of aliphatic imine (C=N–C) groups is 1. The van der Waals surface area contributed by atoms with Crippen LogP contribution in [-0.2, 0) is 6.54 Å². The summed E-state index contributed by atoms with van der Waals surface area (Å²) >= 11 is 0. The SMILES string of the molecule is CCNC(=NCc1cccc(-c2ncn[nH]2)c1)N1CCC2(CCCC2)C1.I. The summed E-state index contributed by atoms with van der Waals surface area (Å²) in [5, 5.41) is 10.3. The van der Waals surface area contributed by atoms with Crippen LogP contribution in [0.5, 0.6) is 0 Å². The number of aromatic nitrogens is 3. The van der Waals surface area contributed by atoms with E-state index in [2.05, 4.69) is 50.5 Å². The highest BCUT2D eigenvalue weighted by atomic mass is 127. The highest BCUT2D eigenvalue weighted by molar-refractivity contribution is 14.0. The Morgan fingerprint density at radius 1 is 1.30 bits per heavy atom. The van der Waals surface area contributed by atoms with Gasteiger partial charge in [0.05, 0.1) is 6.54 Å². The molecule has 2 fully saturated rings. The summed E-state index contributed by atoms with van der Waals surface area (Å²) in [7, 11) is 0. The number of guanidine groups is 1. The third kappa shape index (κ3) is 4.62. The third-order valence-electron chi connectivity index (χ3n) is 5.76. The standard InChI is InChI=1S/C20H28N6.HI/c1-2-21-19(26-11-10-20(14-26)8-3-4-9-20)22-13-16-6-5-7-17(12-16)18-23-15-24-25-18;/h5-7,12,15H,2-4,8-11,13-14H2,1H3,(H,21,22)(H,23,24,25);1H. The monoisotopic (exact) mass is 480 g/mol. The first-order valence-electron chi connectivity index (χ1n) is 9.76. The topological polar surface area (TPSA) is 69.2 Å². The quantitative estimate of drug-likeness (QED) is 0.397. The minimum absolute atomic E-state index is 0. The second-order valence-corrected chi connectivity index (χ2v) is 7.58. The van der Waals surface area contributed by atoms with Gasteiger partial charge in [-0.25, -0.2) is 9.98 Å². The molecule has 2 heterocycles. The van der Waals surface area contributed by atoms with E-state index >= 15 is 0 Å². The first-order chi connectivity index (χ1) is 12.8. The highest BCUT2D eigenvalue weighted by Gasteiger charge is 2.41. The summed E-state index contributed by atoms with van der Waals surface area (Å²) < 4.78 is 0. The number of aromatic amines is 1. The van der Waals surface area contributed by atoms with Gasteiger partial charge in [-0.2, -0.15) is 5.10 Å². The molecule has 1 spiro atoms. The van der Waals surface area contributed by atoms with Gasteiger partial charge in [-0.1, -0.05) is 31.0 Å². The molecule has 1 aromatic carbocycles. The number of hydrogen-bond acceptors (Lipinski definition) is 3. The van der Waals surface area contributed by atoms with Crippen molar-refractivity contribution in [3.63, 3.8) is 0 Å². The summed E-state index contributed by atoms with van der Waals surface area (Å²) in [5.74, 6) is 1.85. The van der Waals surface area contributed by atoms with Crippen LogP contribution in [0.3, 0.4) is 0 Å². The molecule has 0 amide bonds. The van der Waals surface area contributed by atoms with Crippen LogP contribution in [0.25, 0.3) is 11.4 Å². The lowest BCUT2D eigenvalue weighted by atomic mass is 9.86. The molecule has 0 bridgehead atoms. The number of hydrogen-bond donors (Lipinski definition) is 2. The maximum Gasteiger partial charge on any atom is 0.194 e. The Labute approximate surface area is 178 Å². The van der Waals surface area contributed by atoms with Crippen molar-refractivity contribution in [2.24, 2.45) is 10.4 Å². The number of likely N-dealkylation sites (tertiary alicyclic amines) is 1. The van der Waals surface area contributed by atoms with Crippen molar-refractivity contribution in [2.75, 3.05) is 19.6 Å². The number of rotatable bonds is 4. The molecule has 7 heteroatoms. The van der Waals surface area contributed by atoms with Crippen LogP contribution < -0.4 is 5.32 Å². The van der Waals surface area contributed by atoms with Gasteiger partial charge in [0.2, 0.25) is 0 Å². The van der Waals surface area contributed by atoms with Crippen molar-refractivity contribution >= 4 is 29.9 Å². The van der Waals surface area contributed by atoms with E-state index in [1.54, 1.807) is 0 Å². The zero-order valence-corrected chi connectivity index (χ0v) is 18.3. The Morgan fingerprint density at radius 3 is 2.89 bits per heavy atom. The molecule has 2 aromatic rings. The fourth-order valence-corrected chi connectivity index (χ4v) is 4.40. The summed E-state index contributed by atoms with van der Waals surface area (Å²) in [6.07, 6.45) is 8.43. The molecule has 1 aromatic heterocycles. The second kappa shape index (κ2) is 9.03. The summed E-state index contributed by atoms with van der Waals surface area (Å²) in [6.45, 7) is 6.01. The lowest BCUT2D eigenvalue weighted by Crippen LogP contribution is -2.41. The van der Waals surface area contributed by atoms with Gasteiger partial charge in [-0.3, -0.25) is 5.10 Å². The van der Waals surface area contributed by atoms with Crippen molar-refractivity contribution in [1.82, 2.24) is 25.4 Å². The number of nitrogens with zero attached hydrogens (tertiary/aromatic N) is 4. The van der Waals surface area contributed by atoms with Gasteiger partial charge in [0.1, 0.15) is 6.33 Å². The van der Waals surface area contributed by atoms with Crippen LogP contribution in [0, 0.1) is 5.41 Å². The molecule has 27 heavy (non-hydrogen) atoms. The van der Waals surface area contributed by atoms with Crippen molar-refractivity contribution in [3.05, 3.63) is 36.2 Å². The zero-order chi connectivity index (χ0) is 17.8. The Hall–Kier alpha value is -1.64. The minimum Gasteiger partial charge on any atom is -0.357 e. The van der Waals surface area contributed by atoms with Gasteiger partial charge in [-0.05, 0) is 43.2 Å². The summed E-state index contributed by atoms with van der Waals surface area (Å²) in [5.41, 5.74) is 2.79. The van der Waals surface area contributed by atoms with Gasteiger partial charge in [-0.15, -0.1) is 24.0 Å². The van der Waals surface area contributed by atoms with E-state index in [0.29, 0.717) is 12.0 Å². The molecule has 1 aliphatic heterocycles. The molecule has 0 unspecified atom stereocenters. The van der Waals surface area contributed by atoms with E-state index in [1.807, 2.05) is 6.07 Å². The fourth-order valence-electron chi connectivity index (χ4n) is 4.40. The molecular weight excluding hydrogens is 451 g/mol. The van der Waals surface area contributed by atoms with Crippen molar-refractivity contribution in [3.8, 4) is 11.4 Å². The molecule has 1 saturated carbocycles. The number of H-pyrrole nitrogens is 1. The van der Waals surface area contributed by atoms with Crippen LogP contribution in [-0.4, -0.2) is 45.7 Å². The molecular formula is C20H29IN6. The number of halogens is 1. The predicted octanol–water partition coefficient (Wildman–Crippen LogP) is 3.82. The molecule has 6 nitrogen and oxygen atoms in total. The molecule has 0 atom stereocenters. The molecule has 0 radical (unpaired) electrons. The lowest BCUT2D eigenvalue weighted by Gasteiger charge is -2.26. The largest absolute Gasteiger partial charge is 0.357 e. The van der Waals surface area contributed by atoms with E-state index in [-0.39, 0.29) is 24.0 Å². The summed E-state index contributed by atoms with van der Waals surface area (Å²) in [4.78, 5) is 11.6. The minimum atomic E-state index is 0. The summed E-state index contributed by atoms with van der Waals surface area (Å²) in [6, 6.07) is 8.35. The molecule has 1 aliphatic carbocycles. The number of nitrogens with one attached hydrogen (secondary N) is 2. The van der Waals surface area contributed by atoms with E-state index in [1.165, 1.54) is 44.0 Å². The van der Waals surface area contributed by atoms with Crippen LogP contribution in [0.15, 0.2) is 35.6 Å². The van der Waals surface area contributed by atoms with Crippen molar-refractivity contribution in [2.45, 2.75) is 45.6 Å². The predicted molar refractivity (Wildman–Crippen MR) is 119 cm³/mol. The van der Waals surface area contributed by atoms with Crippen molar-refractivity contribution < 1.29 is 0 Å². The molecule has 2 aliphatic rings. The van der Waals surface area contributed by atoms with E-state index in [0.717, 1.165) is 37.0 Å². The van der Waals surface area contributed by atoms with Gasteiger partial charge in [0.25, 0.3) is 0 Å². The van der Waals surface area contributed by atoms with E-state index in [9.17, 15) is 0 Å². The maximum absolute atomic E-state index is 4.93. The smallest absolute Gasteiger partial charge is 0.194 e. The van der Waals surface area contributed by atoms with Gasteiger partial charge >= 0.3 is 0 Å². The van der Waals surface area contributed by atoms with E-state index in [4.69, 9.17) is 4.99 Å². The van der Waals surface area contributed by atoms with Crippen molar-refractivity contribution in [1.29, 1.82) is 0 Å². The maximum atomic E-state index is 4.93. The Morgan fingerprint density at radius 2 is 2.15 bits per heavy atom. The lowest BCUT2D eigenvalue weighted by molar-refractivity contribution is 0.309. The second-order valence-electron chi connectivity index (χ2n) is 7.58. The molecule has 2 N–H and O–H groups in total. The number of benzene rings is 1. The zero-order valence-electron chi connectivity index (χ0n) is 15.9. The Bertz CT molecular complexity index is 752. The normalized spacial score (nSPS) is 18.7. The van der Waals surface area contributed by atoms with Gasteiger partial charge in [0.15, 0.2) is 11.8 Å². The average Bonchev–Trinajstić information content (AvgIpc) is 3.43. The fraction of sp³-hybridized carbons (Fsp3) is 0.550. The third-order valence-corrected chi connectivity index (χ3v) is 5.76. The van der Waals surface area contributed by atoms with Crippen LogP contribution >= 0.6 is 24.0 Å². The van der Waals surface area contributed by atoms with Crippen LogP contribution in [0.1, 0.15) is 44.6 Å². The van der Waals surface area contributed by atoms with Crippen LogP contribution in [0.4, 0.5) is 0 Å². The Balaban J connectivity index is 0.00000210. The first kappa shape index (κ1) is 20.1. The molecule has 1 saturated heterocycles.